The Balaban J connectivity index is 1.30. The summed E-state index contributed by atoms with van der Waals surface area (Å²) in [4.78, 5) is 29.6. The topological polar surface area (TPSA) is 109 Å². The Bertz CT molecular complexity index is 1440. The molecule has 2 aliphatic carbocycles. The number of piperidine rings is 1. The molecule has 0 spiro atoms. The number of nitrogens with one attached hydrogen (secondary N) is 1. The average molecular weight is 544 g/mol. The SMILES string of the molecule is CCC12CC1CN(c1nc(NC(=O)C3CC3c3ccccn3)nc3c1c(C#N)cn3COCC[Si](C)(C)C)C2. The molecule has 1 N–H and O–H groups in total. The number of carbonyl (C=O) groups is 1. The first-order chi connectivity index (χ1) is 18.7. The summed E-state index contributed by atoms with van der Waals surface area (Å²) >= 11 is 0. The largest absolute Gasteiger partial charge is 0.361 e. The van der Waals surface area contributed by atoms with E-state index in [0.29, 0.717) is 35.9 Å². The molecule has 3 fully saturated rings. The van der Waals surface area contributed by atoms with Gasteiger partial charge in [-0.3, -0.25) is 15.1 Å². The number of pyridine rings is 1. The van der Waals surface area contributed by atoms with Crippen molar-refractivity contribution in [1.82, 2.24) is 19.5 Å². The van der Waals surface area contributed by atoms with Crippen molar-refractivity contribution in [3.63, 3.8) is 0 Å². The zero-order valence-electron chi connectivity index (χ0n) is 23.3. The van der Waals surface area contributed by atoms with Crippen molar-refractivity contribution in [3.05, 3.63) is 41.9 Å². The number of aromatic nitrogens is 4. The highest BCUT2D eigenvalue weighted by atomic mass is 28.3. The van der Waals surface area contributed by atoms with E-state index < -0.39 is 8.07 Å². The lowest BCUT2D eigenvalue weighted by Gasteiger charge is -2.23. The van der Waals surface area contributed by atoms with Crippen molar-refractivity contribution < 1.29 is 9.53 Å². The Kier molecular flexibility index (Phi) is 6.47. The zero-order chi connectivity index (χ0) is 27.4. The molecule has 3 aromatic heterocycles. The minimum absolute atomic E-state index is 0.0877. The second kappa shape index (κ2) is 9.72. The molecule has 0 radical (unpaired) electrons. The van der Waals surface area contributed by atoms with Gasteiger partial charge in [0.05, 0.1) is 10.9 Å². The minimum atomic E-state index is -1.22. The number of nitrogens with zero attached hydrogens (tertiary/aromatic N) is 6. The van der Waals surface area contributed by atoms with E-state index in [9.17, 15) is 10.1 Å². The molecule has 6 rings (SSSR count). The first-order valence-electron chi connectivity index (χ1n) is 14.1. The van der Waals surface area contributed by atoms with Gasteiger partial charge < -0.3 is 14.2 Å². The number of hydrogen-bond acceptors (Lipinski definition) is 7. The predicted octanol–water partition coefficient (Wildman–Crippen LogP) is 4.99. The Morgan fingerprint density at radius 3 is 2.85 bits per heavy atom. The Labute approximate surface area is 230 Å². The van der Waals surface area contributed by atoms with E-state index in [1.165, 1.54) is 6.42 Å². The summed E-state index contributed by atoms with van der Waals surface area (Å²) in [7, 11) is -1.22. The van der Waals surface area contributed by atoms with Crippen molar-refractivity contribution in [1.29, 1.82) is 5.26 Å². The lowest BCUT2D eigenvalue weighted by molar-refractivity contribution is -0.117. The summed E-state index contributed by atoms with van der Waals surface area (Å²) in [6, 6.07) is 9.23. The molecule has 4 heterocycles. The van der Waals surface area contributed by atoms with Crippen LogP contribution in [-0.4, -0.2) is 53.2 Å². The van der Waals surface area contributed by atoms with E-state index in [1.54, 1.807) is 6.20 Å². The van der Waals surface area contributed by atoms with Crippen LogP contribution in [-0.2, 0) is 16.3 Å². The van der Waals surface area contributed by atoms with Crippen LogP contribution in [0.5, 0.6) is 0 Å². The summed E-state index contributed by atoms with van der Waals surface area (Å²) in [5.41, 5.74) is 2.46. The van der Waals surface area contributed by atoms with E-state index >= 15 is 0 Å². The minimum Gasteiger partial charge on any atom is -0.361 e. The molecule has 39 heavy (non-hydrogen) atoms. The Morgan fingerprint density at radius 2 is 2.15 bits per heavy atom. The third-order valence-corrected chi connectivity index (χ3v) is 10.5. The zero-order valence-corrected chi connectivity index (χ0v) is 24.3. The molecule has 2 saturated carbocycles. The summed E-state index contributed by atoms with van der Waals surface area (Å²) < 4.78 is 7.92. The normalized spacial score (nSPS) is 25.4. The Morgan fingerprint density at radius 1 is 1.31 bits per heavy atom. The van der Waals surface area contributed by atoms with Crippen molar-refractivity contribution in [2.75, 3.05) is 29.9 Å². The molecular weight excluding hydrogens is 506 g/mol. The lowest BCUT2D eigenvalue weighted by atomic mass is 10.0. The van der Waals surface area contributed by atoms with Crippen LogP contribution in [0.25, 0.3) is 11.0 Å². The summed E-state index contributed by atoms with van der Waals surface area (Å²) in [5, 5.41) is 13.8. The maximum atomic E-state index is 13.2. The number of ether oxygens (including phenoxy) is 1. The molecule has 4 unspecified atom stereocenters. The average Bonchev–Trinajstić information content (AvgIpc) is 3.79. The highest BCUT2D eigenvalue weighted by Gasteiger charge is 2.58. The quantitative estimate of drug-likeness (QED) is 0.283. The van der Waals surface area contributed by atoms with E-state index in [-0.39, 0.29) is 23.7 Å². The van der Waals surface area contributed by atoms with Crippen LogP contribution in [0, 0.1) is 28.6 Å². The van der Waals surface area contributed by atoms with Crippen LogP contribution in [0.1, 0.15) is 43.4 Å². The van der Waals surface area contributed by atoms with Gasteiger partial charge in [-0.1, -0.05) is 32.6 Å². The van der Waals surface area contributed by atoms with Gasteiger partial charge in [0.1, 0.15) is 18.6 Å². The highest BCUT2D eigenvalue weighted by molar-refractivity contribution is 6.76. The lowest BCUT2D eigenvalue weighted by Crippen LogP contribution is -2.27. The van der Waals surface area contributed by atoms with Gasteiger partial charge in [0.25, 0.3) is 0 Å². The fourth-order valence-electron chi connectivity index (χ4n) is 6.09. The van der Waals surface area contributed by atoms with Crippen molar-refractivity contribution in [2.45, 2.75) is 64.5 Å². The number of fused-ring (bicyclic) bond motifs is 2. The molecule has 1 saturated heterocycles. The molecule has 4 atom stereocenters. The smallest absolute Gasteiger partial charge is 0.233 e. The van der Waals surface area contributed by atoms with Crippen molar-refractivity contribution in [3.8, 4) is 6.07 Å². The number of nitriles is 1. The molecule has 1 aliphatic heterocycles. The van der Waals surface area contributed by atoms with Crippen molar-refractivity contribution in [2.24, 2.45) is 17.3 Å². The molecule has 0 bridgehead atoms. The van der Waals surface area contributed by atoms with Crippen LogP contribution in [0.4, 0.5) is 11.8 Å². The molecule has 3 aromatic rings. The number of amides is 1. The Hall–Kier alpha value is -3.29. The van der Waals surface area contributed by atoms with E-state index in [1.807, 2.05) is 29.0 Å². The van der Waals surface area contributed by atoms with Gasteiger partial charge in [0.15, 0.2) is 5.65 Å². The van der Waals surface area contributed by atoms with Gasteiger partial charge >= 0.3 is 0 Å². The van der Waals surface area contributed by atoms with E-state index in [4.69, 9.17) is 14.7 Å². The number of carbonyl (C=O) groups excluding carboxylic acids is 1. The maximum absolute atomic E-state index is 13.2. The first kappa shape index (κ1) is 26.0. The second-order valence-corrected chi connectivity index (χ2v) is 18.4. The molecular formula is C29H37N7O2Si. The fourth-order valence-corrected chi connectivity index (χ4v) is 6.84. The molecule has 10 heteroatoms. The molecule has 0 aromatic carbocycles. The summed E-state index contributed by atoms with van der Waals surface area (Å²) in [6.07, 6.45) is 6.74. The van der Waals surface area contributed by atoms with Gasteiger partial charge in [0.2, 0.25) is 11.9 Å². The summed E-state index contributed by atoms with van der Waals surface area (Å²) in [6.45, 7) is 12.0. The maximum Gasteiger partial charge on any atom is 0.233 e. The fraction of sp³-hybridized carbons (Fsp3) is 0.552. The first-order valence-corrected chi connectivity index (χ1v) is 17.8. The molecule has 3 aliphatic rings. The van der Waals surface area contributed by atoms with E-state index in [0.717, 1.165) is 48.9 Å². The van der Waals surface area contributed by atoms with Crippen LogP contribution < -0.4 is 10.2 Å². The highest BCUT2D eigenvalue weighted by Crippen LogP contribution is 2.60. The molecule has 9 nitrogen and oxygen atoms in total. The predicted molar refractivity (Wildman–Crippen MR) is 153 cm³/mol. The van der Waals surface area contributed by atoms with Crippen LogP contribution >= 0.6 is 0 Å². The third kappa shape index (κ3) is 5.05. The molecule has 1 amide bonds. The monoisotopic (exact) mass is 543 g/mol. The number of rotatable bonds is 10. The number of hydrogen-bond donors (Lipinski definition) is 1. The van der Waals surface area contributed by atoms with Gasteiger partial charge in [-0.2, -0.15) is 15.2 Å². The molecule has 204 valence electrons. The summed E-state index contributed by atoms with van der Waals surface area (Å²) in [5.74, 6) is 1.58. The van der Waals surface area contributed by atoms with Crippen LogP contribution in [0.3, 0.4) is 0 Å². The van der Waals surface area contributed by atoms with Gasteiger partial charge in [-0.15, -0.1) is 0 Å². The van der Waals surface area contributed by atoms with Gasteiger partial charge in [-0.05, 0) is 48.8 Å². The third-order valence-electron chi connectivity index (χ3n) is 8.78. The van der Waals surface area contributed by atoms with Gasteiger partial charge in [0, 0.05) is 57.7 Å². The number of anilines is 2. The van der Waals surface area contributed by atoms with Crippen LogP contribution in [0.2, 0.25) is 25.7 Å². The second-order valence-electron chi connectivity index (χ2n) is 12.7. The van der Waals surface area contributed by atoms with Crippen LogP contribution in [0.15, 0.2) is 30.6 Å². The van der Waals surface area contributed by atoms with E-state index in [2.05, 4.69) is 47.8 Å². The van der Waals surface area contributed by atoms with Crippen molar-refractivity contribution >= 4 is 36.8 Å². The van der Waals surface area contributed by atoms with Gasteiger partial charge in [-0.25, -0.2) is 0 Å². The standard InChI is InChI=1S/C29H37N7O2Si/c1-5-29-13-20(29)16-35(17-29)25-24-19(14-30)15-36(18-38-10-11-39(2,3)4)26(24)33-28(32-25)34-27(37)22-12-21(22)23-8-6-7-9-31-23/h6-9,15,20-22H,5,10-13,16-18H2,1-4H3,(H,32,33,34,37).